The highest BCUT2D eigenvalue weighted by Crippen LogP contribution is 2.42. The van der Waals surface area contributed by atoms with E-state index >= 15 is 0 Å². The van der Waals surface area contributed by atoms with Crippen LogP contribution in [0.3, 0.4) is 0 Å². The second-order valence-electron chi connectivity index (χ2n) is 6.49. The summed E-state index contributed by atoms with van der Waals surface area (Å²) in [6.45, 7) is 8.74. The number of nitrogens with zero attached hydrogens (tertiary/aromatic N) is 1. The third-order valence-corrected chi connectivity index (χ3v) is 4.62. The average molecular weight is 266 g/mol. The highest BCUT2D eigenvalue weighted by Gasteiger charge is 2.54. The standard InChI is InChI=1S/C15H26N2O2/c1-5-6-10(2)9-17-11(3)13(18)16-15(4,14(17)19)12-7-8-12/h10-12H,5-9H2,1-4H3,(H,16,18). The van der Waals surface area contributed by atoms with Crippen LogP contribution in [0.1, 0.15) is 53.4 Å². The van der Waals surface area contributed by atoms with Crippen molar-refractivity contribution in [1.29, 1.82) is 0 Å². The van der Waals surface area contributed by atoms with Crippen molar-refractivity contribution in [3.05, 3.63) is 0 Å². The summed E-state index contributed by atoms with van der Waals surface area (Å²) in [6, 6.07) is -0.335. The Bertz CT molecular complexity index is 378. The molecule has 1 heterocycles. The Morgan fingerprint density at radius 1 is 1.42 bits per heavy atom. The third-order valence-electron chi connectivity index (χ3n) is 4.62. The van der Waals surface area contributed by atoms with Gasteiger partial charge in [-0.25, -0.2) is 0 Å². The lowest BCUT2D eigenvalue weighted by Gasteiger charge is -2.44. The minimum absolute atomic E-state index is 0.00213. The van der Waals surface area contributed by atoms with E-state index in [4.69, 9.17) is 0 Å². The normalized spacial score (nSPS) is 33.3. The predicted octanol–water partition coefficient (Wildman–Crippen LogP) is 1.94. The monoisotopic (exact) mass is 266 g/mol. The van der Waals surface area contributed by atoms with Crippen LogP contribution in [0.5, 0.6) is 0 Å². The van der Waals surface area contributed by atoms with E-state index in [1.54, 1.807) is 4.90 Å². The lowest BCUT2D eigenvalue weighted by Crippen LogP contribution is -2.69. The molecule has 2 fully saturated rings. The molecule has 4 nitrogen and oxygen atoms in total. The minimum atomic E-state index is -0.657. The lowest BCUT2D eigenvalue weighted by molar-refractivity contribution is -0.155. The van der Waals surface area contributed by atoms with Crippen LogP contribution in [0.2, 0.25) is 0 Å². The summed E-state index contributed by atoms with van der Waals surface area (Å²) in [6.07, 6.45) is 4.31. The van der Waals surface area contributed by atoms with Crippen LogP contribution in [-0.4, -0.2) is 34.8 Å². The summed E-state index contributed by atoms with van der Waals surface area (Å²) < 4.78 is 0. The first-order valence-corrected chi connectivity index (χ1v) is 7.53. The fourth-order valence-corrected chi connectivity index (χ4v) is 3.13. The van der Waals surface area contributed by atoms with Crippen molar-refractivity contribution in [3.8, 4) is 0 Å². The van der Waals surface area contributed by atoms with E-state index in [1.165, 1.54) is 0 Å². The smallest absolute Gasteiger partial charge is 0.249 e. The molecule has 0 radical (unpaired) electrons. The van der Waals surface area contributed by atoms with Gasteiger partial charge in [-0.1, -0.05) is 20.3 Å². The quantitative estimate of drug-likeness (QED) is 0.826. The first-order chi connectivity index (χ1) is 8.90. The molecule has 2 rings (SSSR count). The van der Waals surface area contributed by atoms with Crippen molar-refractivity contribution in [1.82, 2.24) is 10.2 Å². The molecule has 2 aliphatic rings. The first kappa shape index (κ1) is 14.4. The fraction of sp³-hybridized carbons (Fsp3) is 0.867. The Labute approximate surface area is 115 Å². The Hall–Kier alpha value is -1.06. The maximum atomic E-state index is 12.7. The Kier molecular flexibility index (Phi) is 3.88. The van der Waals surface area contributed by atoms with Gasteiger partial charge in [-0.3, -0.25) is 9.59 Å². The van der Waals surface area contributed by atoms with E-state index < -0.39 is 5.54 Å². The van der Waals surface area contributed by atoms with E-state index in [0.29, 0.717) is 18.4 Å². The van der Waals surface area contributed by atoms with E-state index in [-0.39, 0.29) is 17.9 Å². The van der Waals surface area contributed by atoms with E-state index in [2.05, 4.69) is 19.2 Å². The number of amides is 2. The summed E-state index contributed by atoms with van der Waals surface area (Å²) >= 11 is 0. The zero-order valence-electron chi connectivity index (χ0n) is 12.5. The molecule has 1 N–H and O–H groups in total. The molecule has 1 saturated heterocycles. The molecular formula is C15H26N2O2. The van der Waals surface area contributed by atoms with Crippen LogP contribution < -0.4 is 5.32 Å². The second kappa shape index (κ2) is 5.14. The number of rotatable bonds is 5. The average Bonchev–Trinajstić information content (AvgIpc) is 3.17. The third kappa shape index (κ3) is 2.63. The first-order valence-electron chi connectivity index (χ1n) is 7.53. The molecule has 4 heteroatoms. The molecule has 1 aliphatic heterocycles. The Morgan fingerprint density at radius 3 is 2.58 bits per heavy atom. The predicted molar refractivity (Wildman–Crippen MR) is 74.5 cm³/mol. The van der Waals surface area contributed by atoms with E-state index in [1.807, 2.05) is 13.8 Å². The molecule has 0 bridgehead atoms. The summed E-state index contributed by atoms with van der Waals surface area (Å²) in [7, 11) is 0. The van der Waals surface area contributed by atoms with Crippen molar-refractivity contribution in [3.63, 3.8) is 0 Å². The van der Waals surface area contributed by atoms with Crippen molar-refractivity contribution < 1.29 is 9.59 Å². The highest BCUT2D eigenvalue weighted by atomic mass is 16.2. The van der Waals surface area contributed by atoms with Gasteiger partial charge in [0.05, 0.1) is 0 Å². The Morgan fingerprint density at radius 2 is 2.05 bits per heavy atom. The highest BCUT2D eigenvalue weighted by molar-refractivity contribution is 5.99. The van der Waals surface area contributed by atoms with Crippen LogP contribution in [-0.2, 0) is 9.59 Å². The van der Waals surface area contributed by atoms with Gasteiger partial charge in [-0.2, -0.15) is 0 Å². The zero-order valence-corrected chi connectivity index (χ0v) is 12.5. The number of hydrogen-bond donors (Lipinski definition) is 1. The molecule has 3 unspecified atom stereocenters. The van der Waals surface area contributed by atoms with Crippen molar-refractivity contribution in [2.45, 2.75) is 65.0 Å². The van der Waals surface area contributed by atoms with Crippen LogP contribution >= 0.6 is 0 Å². The van der Waals surface area contributed by atoms with Crippen LogP contribution in [0.4, 0.5) is 0 Å². The summed E-state index contributed by atoms with van der Waals surface area (Å²) in [5.41, 5.74) is -0.657. The SMILES string of the molecule is CCCC(C)CN1C(=O)C(C)(C2CC2)NC(=O)C1C. The van der Waals surface area contributed by atoms with Crippen molar-refractivity contribution >= 4 is 11.8 Å². The van der Waals surface area contributed by atoms with Crippen LogP contribution in [0, 0.1) is 11.8 Å². The van der Waals surface area contributed by atoms with Gasteiger partial charge in [-0.15, -0.1) is 0 Å². The van der Waals surface area contributed by atoms with Gasteiger partial charge in [-0.05, 0) is 44.9 Å². The maximum absolute atomic E-state index is 12.7. The van der Waals surface area contributed by atoms with Gasteiger partial charge < -0.3 is 10.2 Å². The molecule has 2 amide bonds. The molecule has 1 aliphatic carbocycles. The number of nitrogens with one attached hydrogen (secondary N) is 1. The molecule has 1 saturated carbocycles. The molecule has 19 heavy (non-hydrogen) atoms. The van der Waals surface area contributed by atoms with Gasteiger partial charge in [0.25, 0.3) is 0 Å². The lowest BCUT2D eigenvalue weighted by atomic mass is 9.89. The van der Waals surface area contributed by atoms with Gasteiger partial charge in [0, 0.05) is 6.54 Å². The second-order valence-corrected chi connectivity index (χ2v) is 6.49. The summed E-state index contributed by atoms with van der Waals surface area (Å²) in [5, 5.41) is 2.96. The molecule has 0 aromatic rings. The minimum Gasteiger partial charge on any atom is -0.340 e. The number of hydrogen-bond acceptors (Lipinski definition) is 2. The number of carbonyl (C=O) groups is 2. The van der Waals surface area contributed by atoms with Gasteiger partial charge in [0.1, 0.15) is 11.6 Å². The molecule has 3 atom stereocenters. The van der Waals surface area contributed by atoms with E-state index in [9.17, 15) is 9.59 Å². The Balaban J connectivity index is 2.14. The zero-order chi connectivity index (χ0) is 14.2. The van der Waals surface area contributed by atoms with Gasteiger partial charge >= 0.3 is 0 Å². The number of piperazine rings is 1. The topological polar surface area (TPSA) is 49.4 Å². The molecule has 108 valence electrons. The van der Waals surface area contributed by atoms with Crippen molar-refractivity contribution in [2.24, 2.45) is 11.8 Å². The van der Waals surface area contributed by atoms with Crippen LogP contribution in [0.25, 0.3) is 0 Å². The molecule has 0 aromatic heterocycles. The molecule has 0 spiro atoms. The molecule has 0 aromatic carbocycles. The fourth-order valence-electron chi connectivity index (χ4n) is 3.13. The largest absolute Gasteiger partial charge is 0.340 e. The molecular weight excluding hydrogens is 240 g/mol. The van der Waals surface area contributed by atoms with E-state index in [0.717, 1.165) is 25.7 Å². The maximum Gasteiger partial charge on any atom is 0.249 e. The van der Waals surface area contributed by atoms with Gasteiger partial charge in [0.2, 0.25) is 11.8 Å². The van der Waals surface area contributed by atoms with Gasteiger partial charge in [0.15, 0.2) is 0 Å². The van der Waals surface area contributed by atoms with Crippen molar-refractivity contribution in [2.75, 3.05) is 6.54 Å². The summed E-state index contributed by atoms with van der Waals surface area (Å²) in [5.74, 6) is 0.897. The number of carbonyl (C=O) groups excluding carboxylic acids is 2. The summed E-state index contributed by atoms with van der Waals surface area (Å²) in [4.78, 5) is 26.7. The van der Waals surface area contributed by atoms with Crippen LogP contribution in [0.15, 0.2) is 0 Å².